The van der Waals surface area contributed by atoms with E-state index in [4.69, 9.17) is 9.47 Å². The quantitative estimate of drug-likeness (QED) is 0.625. The Kier molecular flexibility index (Phi) is 6.97. The number of rotatable bonds is 8. The maximum Gasteiger partial charge on any atom is 0.265 e. The number of ketones is 1. The molecule has 2 aromatic carbocycles. The van der Waals surface area contributed by atoms with Gasteiger partial charge < -0.3 is 14.8 Å². The molecule has 8 nitrogen and oxygen atoms in total. The molecule has 1 fully saturated rings. The molecule has 0 bridgehead atoms. The fourth-order valence-corrected chi connectivity index (χ4v) is 4.78. The number of amides is 1. The summed E-state index contributed by atoms with van der Waals surface area (Å²) >= 11 is 0. The van der Waals surface area contributed by atoms with Crippen molar-refractivity contribution in [1.29, 1.82) is 0 Å². The van der Waals surface area contributed by atoms with E-state index in [1.54, 1.807) is 37.3 Å². The van der Waals surface area contributed by atoms with Crippen LogP contribution in [0.25, 0.3) is 0 Å². The summed E-state index contributed by atoms with van der Waals surface area (Å²) in [5.41, 5.74) is 0.935. The van der Waals surface area contributed by atoms with Crippen LogP contribution in [-0.2, 0) is 14.8 Å². The molecule has 0 radical (unpaired) electrons. The molecule has 0 aromatic heterocycles. The molecule has 1 aliphatic heterocycles. The van der Waals surface area contributed by atoms with Crippen LogP contribution in [-0.4, -0.2) is 50.7 Å². The highest BCUT2D eigenvalue weighted by atomic mass is 32.2. The Morgan fingerprint density at radius 2 is 1.68 bits per heavy atom. The van der Waals surface area contributed by atoms with Crippen LogP contribution < -0.4 is 14.8 Å². The number of sulfonamides is 1. The molecule has 1 N–H and O–H groups in total. The van der Waals surface area contributed by atoms with Gasteiger partial charge in [-0.3, -0.25) is 9.59 Å². The molecule has 1 heterocycles. The number of ether oxygens (including phenoxy) is 2. The van der Waals surface area contributed by atoms with Gasteiger partial charge in [0.2, 0.25) is 10.0 Å². The largest absolute Gasteiger partial charge is 0.493 e. The van der Waals surface area contributed by atoms with Crippen LogP contribution >= 0.6 is 0 Å². The van der Waals surface area contributed by atoms with Crippen molar-refractivity contribution >= 4 is 27.4 Å². The minimum absolute atomic E-state index is 0.106. The molecule has 1 atom stereocenters. The predicted molar refractivity (Wildman–Crippen MR) is 116 cm³/mol. The molecule has 0 aliphatic carbocycles. The standard InChI is InChI=1S/C22H26N2O6S/c1-15(25)17-6-11-20(21(14-17)29-3)30-16(2)22(26)23-18-7-9-19(10-8-18)31(27,28)24-12-4-5-13-24/h6-11,14,16H,4-5,12-13H2,1-3H3,(H,23,26)/t16-/m0/s1. The second-order valence-corrected chi connectivity index (χ2v) is 9.24. The molecule has 3 rings (SSSR count). The van der Waals surface area contributed by atoms with Crippen molar-refractivity contribution in [3.05, 3.63) is 48.0 Å². The summed E-state index contributed by atoms with van der Waals surface area (Å²) in [5.74, 6) is 0.171. The lowest BCUT2D eigenvalue weighted by Gasteiger charge is -2.18. The Labute approximate surface area is 182 Å². The smallest absolute Gasteiger partial charge is 0.265 e. The number of Topliss-reactive ketones (excluding diaryl/α,β-unsaturated/α-hetero) is 1. The van der Waals surface area contributed by atoms with Gasteiger partial charge in [0.15, 0.2) is 23.4 Å². The molecule has 0 saturated carbocycles. The fraction of sp³-hybridized carbons (Fsp3) is 0.364. The first-order valence-corrected chi connectivity index (χ1v) is 11.4. The van der Waals surface area contributed by atoms with Crippen molar-refractivity contribution in [3.63, 3.8) is 0 Å². The van der Waals surface area contributed by atoms with E-state index in [1.165, 1.54) is 30.5 Å². The van der Waals surface area contributed by atoms with E-state index >= 15 is 0 Å². The van der Waals surface area contributed by atoms with E-state index in [0.29, 0.717) is 35.8 Å². The van der Waals surface area contributed by atoms with E-state index in [-0.39, 0.29) is 10.7 Å². The van der Waals surface area contributed by atoms with Crippen LogP contribution in [0.4, 0.5) is 5.69 Å². The average Bonchev–Trinajstić information content (AvgIpc) is 3.30. The predicted octanol–water partition coefficient (Wildman–Crippen LogP) is 3.09. The molecular formula is C22H26N2O6S. The van der Waals surface area contributed by atoms with E-state index in [0.717, 1.165) is 12.8 Å². The number of hydrogen-bond acceptors (Lipinski definition) is 6. The Morgan fingerprint density at radius 1 is 1.03 bits per heavy atom. The van der Waals surface area contributed by atoms with Gasteiger partial charge >= 0.3 is 0 Å². The number of nitrogens with zero attached hydrogens (tertiary/aromatic N) is 1. The van der Waals surface area contributed by atoms with Crippen molar-refractivity contribution in [2.24, 2.45) is 0 Å². The summed E-state index contributed by atoms with van der Waals surface area (Å²) in [4.78, 5) is 24.2. The van der Waals surface area contributed by atoms with Crippen LogP contribution in [0.5, 0.6) is 11.5 Å². The van der Waals surface area contributed by atoms with Gasteiger partial charge in [0.05, 0.1) is 12.0 Å². The molecule has 1 saturated heterocycles. The highest BCUT2D eigenvalue weighted by molar-refractivity contribution is 7.89. The average molecular weight is 447 g/mol. The van der Waals surface area contributed by atoms with Crippen molar-refractivity contribution in [1.82, 2.24) is 4.31 Å². The zero-order valence-corrected chi connectivity index (χ0v) is 18.6. The third kappa shape index (κ3) is 5.23. The first-order chi connectivity index (χ1) is 14.7. The Hall–Kier alpha value is -2.91. The highest BCUT2D eigenvalue weighted by Gasteiger charge is 2.27. The minimum Gasteiger partial charge on any atom is -0.493 e. The molecule has 9 heteroatoms. The number of carbonyl (C=O) groups excluding carboxylic acids is 2. The Morgan fingerprint density at radius 3 is 2.26 bits per heavy atom. The van der Waals surface area contributed by atoms with Crippen molar-refractivity contribution in [2.45, 2.75) is 37.7 Å². The topological polar surface area (TPSA) is 102 Å². The van der Waals surface area contributed by atoms with Gasteiger partial charge in [-0.15, -0.1) is 0 Å². The van der Waals surface area contributed by atoms with Crippen molar-refractivity contribution < 1.29 is 27.5 Å². The van der Waals surface area contributed by atoms with Crippen molar-refractivity contribution in [2.75, 3.05) is 25.5 Å². The van der Waals surface area contributed by atoms with Crippen LogP contribution in [0.1, 0.15) is 37.0 Å². The normalized spacial score (nSPS) is 15.3. The third-order valence-corrected chi connectivity index (χ3v) is 6.98. The SMILES string of the molecule is COc1cc(C(C)=O)ccc1O[C@@H](C)C(=O)Nc1ccc(S(=O)(=O)N2CCCC2)cc1. The monoisotopic (exact) mass is 446 g/mol. The number of nitrogens with one attached hydrogen (secondary N) is 1. The third-order valence-electron chi connectivity index (χ3n) is 5.07. The summed E-state index contributed by atoms with van der Waals surface area (Å²) in [7, 11) is -2.05. The number of benzene rings is 2. The first kappa shape index (κ1) is 22.8. The Balaban J connectivity index is 1.65. The van der Waals surface area contributed by atoms with Gasteiger partial charge in [0, 0.05) is 24.3 Å². The van der Waals surface area contributed by atoms with E-state index < -0.39 is 22.0 Å². The minimum atomic E-state index is -3.50. The molecule has 0 unspecified atom stereocenters. The van der Waals surface area contributed by atoms with Gasteiger partial charge in [-0.2, -0.15) is 4.31 Å². The van der Waals surface area contributed by atoms with Crippen LogP contribution in [0.3, 0.4) is 0 Å². The van der Waals surface area contributed by atoms with Crippen molar-refractivity contribution in [3.8, 4) is 11.5 Å². The number of methoxy groups -OCH3 is 1. The lowest BCUT2D eigenvalue weighted by Crippen LogP contribution is -2.30. The number of hydrogen-bond donors (Lipinski definition) is 1. The van der Waals surface area contributed by atoms with E-state index in [9.17, 15) is 18.0 Å². The fourth-order valence-electron chi connectivity index (χ4n) is 3.26. The first-order valence-electron chi connectivity index (χ1n) is 9.99. The number of anilines is 1. The van der Waals surface area contributed by atoms with E-state index in [2.05, 4.69) is 5.32 Å². The second kappa shape index (κ2) is 9.49. The lowest BCUT2D eigenvalue weighted by molar-refractivity contribution is -0.122. The zero-order valence-electron chi connectivity index (χ0n) is 17.8. The molecule has 0 spiro atoms. The molecule has 1 aliphatic rings. The van der Waals surface area contributed by atoms with Gasteiger partial charge in [-0.05, 0) is 69.2 Å². The summed E-state index contributed by atoms with van der Waals surface area (Å²) in [5, 5.41) is 2.71. The molecule has 166 valence electrons. The Bertz CT molecular complexity index is 1060. The highest BCUT2D eigenvalue weighted by Crippen LogP contribution is 2.29. The summed E-state index contributed by atoms with van der Waals surface area (Å²) in [6.07, 6.45) is 0.881. The van der Waals surface area contributed by atoms with Gasteiger partial charge in [0.1, 0.15) is 0 Å². The maximum absolute atomic E-state index is 12.6. The molecule has 31 heavy (non-hydrogen) atoms. The molecule has 2 aromatic rings. The van der Waals surface area contributed by atoms with Gasteiger partial charge in [0.25, 0.3) is 5.91 Å². The summed E-state index contributed by atoms with van der Waals surface area (Å²) in [6, 6.07) is 10.8. The second-order valence-electron chi connectivity index (χ2n) is 7.31. The maximum atomic E-state index is 12.6. The molecule has 1 amide bonds. The number of carbonyl (C=O) groups is 2. The van der Waals surface area contributed by atoms with Gasteiger partial charge in [-0.25, -0.2) is 8.42 Å². The van der Waals surface area contributed by atoms with Gasteiger partial charge in [-0.1, -0.05) is 0 Å². The van der Waals surface area contributed by atoms with E-state index in [1.807, 2.05) is 0 Å². The molecular weight excluding hydrogens is 420 g/mol. The van der Waals surface area contributed by atoms with Crippen LogP contribution in [0.2, 0.25) is 0 Å². The summed E-state index contributed by atoms with van der Waals surface area (Å²) in [6.45, 7) is 4.10. The zero-order chi connectivity index (χ0) is 22.6. The summed E-state index contributed by atoms with van der Waals surface area (Å²) < 4.78 is 37.6. The van der Waals surface area contributed by atoms with Crippen LogP contribution in [0, 0.1) is 0 Å². The lowest BCUT2D eigenvalue weighted by atomic mass is 10.1. The van der Waals surface area contributed by atoms with Crippen LogP contribution in [0.15, 0.2) is 47.4 Å².